The zero-order valence-electron chi connectivity index (χ0n) is 12.7. The second kappa shape index (κ2) is 5.49. The predicted molar refractivity (Wildman–Crippen MR) is 71.7 cm³/mol. The van der Waals surface area contributed by atoms with Gasteiger partial charge in [-0.1, -0.05) is 6.92 Å². The van der Waals surface area contributed by atoms with Crippen molar-refractivity contribution in [3.63, 3.8) is 0 Å². The highest BCUT2D eigenvalue weighted by atomic mass is 16.6. The quantitative estimate of drug-likeness (QED) is 0.740. The van der Waals surface area contributed by atoms with Crippen LogP contribution in [0.1, 0.15) is 48.0 Å². The number of carbonyl (C=O) groups excluding carboxylic acids is 2. The maximum atomic E-state index is 12.3. The van der Waals surface area contributed by atoms with Crippen LogP contribution in [0.15, 0.2) is 0 Å². The summed E-state index contributed by atoms with van der Waals surface area (Å²) in [4.78, 5) is 24.6. The summed E-state index contributed by atoms with van der Waals surface area (Å²) < 4.78 is 11.1. The molecule has 1 unspecified atom stereocenters. The van der Waals surface area contributed by atoms with Gasteiger partial charge < -0.3 is 14.3 Å². The number of amides is 1. The number of carbonyl (C=O) groups is 2. The zero-order chi connectivity index (χ0) is 14.8. The summed E-state index contributed by atoms with van der Waals surface area (Å²) in [6.45, 7) is 11.5. The number of nitrogens with zero attached hydrogens (tertiary/aromatic N) is 1. The van der Waals surface area contributed by atoms with E-state index in [0.717, 1.165) is 6.29 Å². The monoisotopic (exact) mass is 271 g/mol. The number of rotatable bonds is 3. The molecule has 19 heavy (non-hydrogen) atoms. The summed E-state index contributed by atoms with van der Waals surface area (Å²) in [5, 5.41) is 0. The van der Waals surface area contributed by atoms with E-state index in [1.165, 1.54) is 0 Å². The molecule has 0 radical (unpaired) electrons. The molecule has 2 atom stereocenters. The molecule has 0 aromatic carbocycles. The van der Waals surface area contributed by atoms with Gasteiger partial charge in [0.1, 0.15) is 17.6 Å². The Kier molecular flexibility index (Phi) is 4.61. The SMILES string of the molecule is C[C@H](CC=O)C1COC(C)(C)N1C(=O)OC(C)(C)C. The lowest BCUT2D eigenvalue weighted by Crippen LogP contribution is -2.51. The number of hydrogen-bond acceptors (Lipinski definition) is 4. The van der Waals surface area contributed by atoms with Crippen molar-refractivity contribution in [1.29, 1.82) is 0 Å². The predicted octanol–water partition coefficient (Wildman–Crippen LogP) is 2.58. The Hall–Kier alpha value is -1.10. The summed E-state index contributed by atoms with van der Waals surface area (Å²) >= 11 is 0. The van der Waals surface area contributed by atoms with Gasteiger partial charge in [-0.15, -0.1) is 0 Å². The fourth-order valence-corrected chi connectivity index (χ4v) is 2.23. The Balaban J connectivity index is 2.89. The van der Waals surface area contributed by atoms with Crippen molar-refractivity contribution in [2.24, 2.45) is 5.92 Å². The minimum atomic E-state index is -0.704. The molecule has 1 fully saturated rings. The normalized spacial score (nSPS) is 24.1. The molecule has 0 saturated carbocycles. The molecule has 1 heterocycles. The van der Waals surface area contributed by atoms with Crippen molar-refractivity contribution in [3.05, 3.63) is 0 Å². The van der Waals surface area contributed by atoms with Crippen LogP contribution in [-0.4, -0.2) is 41.3 Å². The van der Waals surface area contributed by atoms with Gasteiger partial charge in [0.2, 0.25) is 0 Å². The summed E-state index contributed by atoms with van der Waals surface area (Å²) in [5.74, 6) is 0.0480. The van der Waals surface area contributed by atoms with E-state index in [-0.39, 0.29) is 12.0 Å². The van der Waals surface area contributed by atoms with Gasteiger partial charge in [0.05, 0.1) is 12.6 Å². The lowest BCUT2D eigenvalue weighted by molar-refractivity contribution is -0.109. The number of ether oxygens (including phenoxy) is 2. The first-order valence-corrected chi connectivity index (χ1v) is 6.68. The van der Waals surface area contributed by atoms with E-state index >= 15 is 0 Å². The van der Waals surface area contributed by atoms with Crippen LogP contribution in [-0.2, 0) is 14.3 Å². The summed E-state index contributed by atoms with van der Waals surface area (Å²) in [6.07, 6.45) is 0.893. The Morgan fingerprint density at radius 3 is 2.58 bits per heavy atom. The molecule has 0 aliphatic carbocycles. The van der Waals surface area contributed by atoms with Gasteiger partial charge in [0.15, 0.2) is 0 Å². The first-order valence-electron chi connectivity index (χ1n) is 6.68. The van der Waals surface area contributed by atoms with Crippen LogP contribution in [0.3, 0.4) is 0 Å². The third-order valence-corrected chi connectivity index (χ3v) is 3.23. The van der Waals surface area contributed by atoms with Crippen molar-refractivity contribution in [2.75, 3.05) is 6.61 Å². The molecule has 5 nitrogen and oxygen atoms in total. The van der Waals surface area contributed by atoms with Crippen LogP contribution in [0.2, 0.25) is 0 Å². The average molecular weight is 271 g/mol. The Morgan fingerprint density at radius 2 is 2.11 bits per heavy atom. The van der Waals surface area contributed by atoms with Gasteiger partial charge in [0, 0.05) is 6.42 Å². The molecule has 1 aliphatic heterocycles. The van der Waals surface area contributed by atoms with Gasteiger partial charge in [-0.05, 0) is 40.5 Å². The average Bonchev–Trinajstić information content (AvgIpc) is 2.51. The van der Waals surface area contributed by atoms with E-state index in [4.69, 9.17) is 9.47 Å². The highest BCUT2D eigenvalue weighted by Gasteiger charge is 2.47. The molecule has 0 N–H and O–H groups in total. The molecule has 1 amide bonds. The topological polar surface area (TPSA) is 55.8 Å². The number of hydrogen-bond donors (Lipinski definition) is 0. The van der Waals surface area contributed by atoms with Gasteiger partial charge in [-0.2, -0.15) is 0 Å². The van der Waals surface area contributed by atoms with E-state index in [1.807, 2.05) is 41.5 Å². The lowest BCUT2D eigenvalue weighted by Gasteiger charge is -2.36. The van der Waals surface area contributed by atoms with Gasteiger partial charge in [0.25, 0.3) is 0 Å². The standard InChI is InChI=1S/C14H25NO4/c1-10(7-8-16)11-9-18-14(5,6)15(11)12(17)19-13(2,3)4/h8,10-11H,7,9H2,1-6H3/t10-,11?/m1/s1. The number of aldehydes is 1. The minimum absolute atomic E-state index is 0.0480. The van der Waals surface area contributed by atoms with Gasteiger partial charge in [-0.25, -0.2) is 4.79 Å². The first kappa shape index (κ1) is 16.0. The van der Waals surface area contributed by atoms with Crippen molar-refractivity contribution in [3.8, 4) is 0 Å². The smallest absolute Gasteiger partial charge is 0.412 e. The third-order valence-electron chi connectivity index (χ3n) is 3.23. The van der Waals surface area contributed by atoms with Crippen molar-refractivity contribution in [2.45, 2.75) is 65.3 Å². The molecule has 110 valence electrons. The van der Waals surface area contributed by atoms with E-state index in [1.54, 1.807) is 4.90 Å². The molecule has 0 spiro atoms. The van der Waals surface area contributed by atoms with E-state index in [9.17, 15) is 9.59 Å². The van der Waals surface area contributed by atoms with Crippen LogP contribution < -0.4 is 0 Å². The van der Waals surface area contributed by atoms with Crippen molar-refractivity contribution < 1.29 is 19.1 Å². The summed E-state index contributed by atoms with van der Waals surface area (Å²) in [7, 11) is 0. The maximum Gasteiger partial charge on any atom is 0.412 e. The molecule has 0 aromatic heterocycles. The van der Waals surface area contributed by atoms with Crippen LogP contribution in [0, 0.1) is 5.92 Å². The second-order valence-electron chi connectivity index (χ2n) is 6.56. The summed E-state index contributed by atoms with van der Waals surface area (Å²) in [5.41, 5.74) is -1.25. The molecule has 0 bridgehead atoms. The Morgan fingerprint density at radius 1 is 1.53 bits per heavy atom. The van der Waals surface area contributed by atoms with Gasteiger partial charge in [-0.3, -0.25) is 4.90 Å². The highest BCUT2D eigenvalue weighted by molar-refractivity contribution is 5.70. The molecule has 1 saturated heterocycles. The fraction of sp³-hybridized carbons (Fsp3) is 0.857. The largest absolute Gasteiger partial charge is 0.444 e. The molecular formula is C14H25NO4. The molecule has 1 aliphatic rings. The molecule has 1 rings (SSSR count). The van der Waals surface area contributed by atoms with E-state index in [0.29, 0.717) is 13.0 Å². The first-order chi connectivity index (χ1) is 8.58. The van der Waals surface area contributed by atoms with Crippen LogP contribution in [0.5, 0.6) is 0 Å². The Labute approximate surface area is 115 Å². The molecular weight excluding hydrogens is 246 g/mol. The highest BCUT2D eigenvalue weighted by Crippen LogP contribution is 2.33. The van der Waals surface area contributed by atoms with Crippen LogP contribution >= 0.6 is 0 Å². The zero-order valence-corrected chi connectivity index (χ0v) is 12.7. The second-order valence-corrected chi connectivity index (χ2v) is 6.56. The van der Waals surface area contributed by atoms with Crippen LogP contribution in [0.4, 0.5) is 4.79 Å². The van der Waals surface area contributed by atoms with Gasteiger partial charge >= 0.3 is 6.09 Å². The van der Waals surface area contributed by atoms with Crippen LogP contribution in [0.25, 0.3) is 0 Å². The lowest BCUT2D eigenvalue weighted by atomic mass is 9.98. The van der Waals surface area contributed by atoms with Crippen molar-refractivity contribution in [1.82, 2.24) is 4.90 Å². The maximum absolute atomic E-state index is 12.3. The fourth-order valence-electron chi connectivity index (χ4n) is 2.23. The Bertz CT molecular complexity index is 346. The van der Waals surface area contributed by atoms with E-state index < -0.39 is 17.4 Å². The summed E-state index contributed by atoms with van der Waals surface area (Å²) in [6, 6.07) is -0.130. The third kappa shape index (κ3) is 3.93. The molecule has 5 heteroatoms. The van der Waals surface area contributed by atoms with Crippen molar-refractivity contribution >= 4 is 12.4 Å². The minimum Gasteiger partial charge on any atom is -0.444 e. The van der Waals surface area contributed by atoms with E-state index in [2.05, 4.69) is 0 Å². The molecule has 0 aromatic rings.